The molecule has 0 spiro atoms. The van der Waals surface area contributed by atoms with Crippen molar-refractivity contribution in [2.24, 2.45) is 11.0 Å². The molecule has 1 fully saturated rings. The van der Waals surface area contributed by atoms with E-state index >= 15 is 0 Å². The number of ether oxygens (including phenoxy) is 1. The number of nitrogens with one attached hydrogen (secondary N) is 2. The third-order valence-electron chi connectivity index (χ3n) is 4.17. The summed E-state index contributed by atoms with van der Waals surface area (Å²) in [5, 5.41) is 7.07. The fourth-order valence-corrected chi connectivity index (χ4v) is 2.50. The van der Waals surface area contributed by atoms with Gasteiger partial charge in [0.05, 0.1) is 18.4 Å². The van der Waals surface area contributed by atoms with Gasteiger partial charge in [-0.1, -0.05) is 24.3 Å². The molecule has 0 bridgehead atoms. The van der Waals surface area contributed by atoms with Gasteiger partial charge in [0, 0.05) is 11.6 Å². The fraction of sp³-hybridized carbons (Fsp3) is 0.250. The van der Waals surface area contributed by atoms with Crippen molar-refractivity contribution in [3.8, 4) is 5.75 Å². The monoisotopic (exact) mass is 351 g/mol. The van der Waals surface area contributed by atoms with Crippen molar-refractivity contribution in [3.63, 3.8) is 0 Å². The minimum atomic E-state index is -0.347. The number of hydrazone groups is 1. The highest BCUT2D eigenvalue weighted by Crippen LogP contribution is 2.30. The van der Waals surface area contributed by atoms with Crippen molar-refractivity contribution < 1.29 is 14.3 Å². The van der Waals surface area contributed by atoms with Gasteiger partial charge >= 0.3 is 0 Å². The first kappa shape index (κ1) is 17.7. The largest absolute Gasteiger partial charge is 0.496 e. The van der Waals surface area contributed by atoms with Crippen molar-refractivity contribution >= 4 is 23.2 Å². The normalized spacial score (nSPS) is 13.8. The zero-order valence-electron chi connectivity index (χ0n) is 14.8. The van der Waals surface area contributed by atoms with Crippen LogP contribution in [-0.4, -0.2) is 24.6 Å². The van der Waals surface area contributed by atoms with Gasteiger partial charge in [-0.15, -0.1) is 0 Å². The molecule has 0 heterocycles. The molecule has 2 amide bonds. The molecular formula is C20H21N3O3. The number of hydrogen-bond donors (Lipinski definition) is 2. The minimum Gasteiger partial charge on any atom is -0.496 e. The Balaban J connectivity index is 1.69. The van der Waals surface area contributed by atoms with E-state index in [1.807, 2.05) is 24.3 Å². The number of methoxy groups -OCH3 is 1. The van der Waals surface area contributed by atoms with Crippen LogP contribution in [0.2, 0.25) is 0 Å². The lowest BCUT2D eigenvalue weighted by Crippen LogP contribution is -2.20. The van der Waals surface area contributed by atoms with Crippen molar-refractivity contribution in [3.05, 3.63) is 59.7 Å². The summed E-state index contributed by atoms with van der Waals surface area (Å²) in [5.74, 6) is 0.345. The Morgan fingerprint density at radius 1 is 1.12 bits per heavy atom. The summed E-state index contributed by atoms with van der Waals surface area (Å²) in [5.41, 5.74) is 5.14. The van der Waals surface area contributed by atoms with Gasteiger partial charge in [-0.25, -0.2) is 5.43 Å². The van der Waals surface area contributed by atoms with Crippen LogP contribution in [-0.2, 0) is 4.79 Å². The second-order valence-electron chi connectivity index (χ2n) is 6.18. The molecule has 2 aromatic rings. The molecule has 1 aliphatic rings. The van der Waals surface area contributed by atoms with E-state index in [9.17, 15) is 9.59 Å². The van der Waals surface area contributed by atoms with Crippen LogP contribution in [0.15, 0.2) is 53.6 Å². The smallest absolute Gasteiger partial charge is 0.275 e. The number of hydrogen-bond acceptors (Lipinski definition) is 4. The second kappa shape index (κ2) is 7.82. The van der Waals surface area contributed by atoms with Gasteiger partial charge < -0.3 is 10.1 Å². The first-order valence-corrected chi connectivity index (χ1v) is 8.47. The summed E-state index contributed by atoms with van der Waals surface area (Å²) >= 11 is 0. The second-order valence-corrected chi connectivity index (χ2v) is 6.18. The predicted octanol–water partition coefficient (Wildman–Crippen LogP) is 3.20. The number of anilines is 1. The molecule has 26 heavy (non-hydrogen) atoms. The third-order valence-corrected chi connectivity index (χ3v) is 4.17. The van der Waals surface area contributed by atoms with Crippen LogP contribution in [0.1, 0.15) is 35.7 Å². The number of nitrogens with zero attached hydrogens (tertiary/aromatic N) is 1. The van der Waals surface area contributed by atoms with E-state index in [0.29, 0.717) is 17.0 Å². The Kier molecular flexibility index (Phi) is 5.31. The summed E-state index contributed by atoms with van der Waals surface area (Å²) < 4.78 is 5.19. The molecule has 3 rings (SSSR count). The molecule has 134 valence electrons. The van der Waals surface area contributed by atoms with Crippen molar-refractivity contribution in [2.45, 2.75) is 19.8 Å². The first-order valence-electron chi connectivity index (χ1n) is 8.47. The maximum absolute atomic E-state index is 12.3. The highest BCUT2D eigenvalue weighted by atomic mass is 16.5. The lowest BCUT2D eigenvalue weighted by atomic mass is 10.1. The molecule has 0 atom stereocenters. The van der Waals surface area contributed by atoms with Crippen molar-refractivity contribution in [2.75, 3.05) is 12.4 Å². The molecule has 2 N–H and O–H groups in total. The van der Waals surface area contributed by atoms with E-state index in [1.54, 1.807) is 31.2 Å². The molecule has 0 saturated heterocycles. The number of para-hydroxylation sites is 1. The van der Waals surface area contributed by atoms with Gasteiger partial charge in [-0.3, -0.25) is 9.59 Å². The van der Waals surface area contributed by atoms with Gasteiger partial charge in [-0.2, -0.15) is 5.10 Å². The molecule has 0 aliphatic heterocycles. The molecule has 2 aromatic carbocycles. The standard InChI is InChI=1S/C20H21N3O3/c1-13(22-23-20(25)17-8-3-4-9-18(17)26-2)15-6-5-7-16(12-15)21-19(24)14-10-11-14/h3-9,12,14H,10-11H2,1-2H3,(H,21,24)(H,23,25). The van der Waals surface area contributed by atoms with Gasteiger partial charge in [0.15, 0.2) is 0 Å². The topological polar surface area (TPSA) is 79.8 Å². The van der Waals surface area contributed by atoms with E-state index in [-0.39, 0.29) is 17.7 Å². The Morgan fingerprint density at radius 2 is 1.88 bits per heavy atom. The number of benzene rings is 2. The van der Waals surface area contributed by atoms with Crippen LogP contribution >= 0.6 is 0 Å². The summed E-state index contributed by atoms with van der Waals surface area (Å²) in [6.07, 6.45) is 1.92. The molecule has 1 saturated carbocycles. The van der Waals surface area contributed by atoms with Crippen LogP contribution in [0.25, 0.3) is 0 Å². The molecule has 0 aromatic heterocycles. The highest BCUT2D eigenvalue weighted by molar-refractivity contribution is 6.03. The molecule has 1 aliphatic carbocycles. The number of amides is 2. The van der Waals surface area contributed by atoms with Crippen LogP contribution in [0.4, 0.5) is 5.69 Å². The summed E-state index contributed by atoms with van der Waals surface area (Å²) in [6, 6.07) is 14.4. The summed E-state index contributed by atoms with van der Waals surface area (Å²) in [6.45, 7) is 1.80. The van der Waals surface area contributed by atoms with Crippen molar-refractivity contribution in [1.82, 2.24) is 5.43 Å². The maximum Gasteiger partial charge on any atom is 0.275 e. The Labute approximate surface area is 152 Å². The predicted molar refractivity (Wildman–Crippen MR) is 100 cm³/mol. The molecular weight excluding hydrogens is 330 g/mol. The van der Waals surface area contributed by atoms with Crippen LogP contribution in [0.3, 0.4) is 0 Å². The Bertz CT molecular complexity index is 857. The Hall–Kier alpha value is -3.15. The average molecular weight is 351 g/mol. The number of carbonyl (C=O) groups excluding carboxylic acids is 2. The van der Waals surface area contributed by atoms with E-state index in [1.165, 1.54) is 7.11 Å². The zero-order chi connectivity index (χ0) is 18.5. The third kappa shape index (κ3) is 4.27. The van der Waals surface area contributed by atoms with Gasteiger partial charge in [-0.05, 0) is 49.6 Å². The maximum atomic E-state index is 12.3. The average Bonchev–Trinajstić information content (AvgIpc) is 3.51. The van der Waals surface area contributed by atoms with Crippen molar-refractivity contribution in [1.29, 1.82) is 0 Å². The fourth-order valence-electron chi connectivity index (χ4n) is 2.50. The quantitative estimate of drug-likeness (QED) is 0.619. The molecule has 6 nitrogen and oxygen atoms in total. The van der Waals surface area contributed by atoms with Crippen LogP contribution in [0.5, 0.6) is 5.75 Å². The molecule has 6 heteroatoms. The number of rotatable bonds is 6. The highest BCUT2D eigenvalue weighted by Gasteiger charge is 2.29. The van der Waals surface area contributed by atoms with E-state index in [4.69, 9.17) is 4.74 Å². The van der Waals surface area contributed by atoms with E-state index in [0.717, 1.165) is 24.1 Å². The first-order chi connectivity index (χ1) is 12.6. The lowest BCUT2D eigenvalue weighted by molar-refractivity contribution is -0.117. The minimum absolute atomic E-state index is 0.0567. The van der Waals surface area contributed by atoms with Gasteiger partial charge in [0.25, 0.3) is 5.91 Å². The zero-order valence-corrected chi connectivity index (χ0v) is 14.8. The molecule has 0 radical (unpaired) electrons. The SMILES string of the molecule is COc1ccccc1C(=O)NN=C(C)c1cccc(NC(=O)C2CC2)c1. The lowest BCUT2D eigenvalue weighted by Gasteiger charge is -2.08. The van der Waals surface area contributed by atoms with Crippen LogP contribution in [0, 0.1) is 5.92 Å². The van der Waals surface area contributed by atoms with Gasteiger partial charge in [0.1, 0.15) is 5.75 Å². The summed E-state index contributed by atoms with van der Waals surface area (Å²) in [4.78, 5) is 24.2. The molecule has 0 unspecified atom stereocenters. The van der Waals surface area contributed by atoms with E-state index in [2.05, 4.69) is 15.8 Å². The van der Waals surface area contributed by atoms with Crippen LogP contribution < -0.4 is 15.5 Å². The van der Waals surface area contributed by atoms with E-state index < -0.39 is 0 Å². The Morgan fingerprint density at radius 3 is 2.62 bits per heavy atom. The van der Waals surface area contributed by atoms with Gasteiger partial charge in [0.2, 0.25) is 5.91 Å². The summed E-state index contributed by atoms with van der Waals surface area (Å²) in [7, 11) is 1.52. The number of carbonyl (C=O) groups is 2.